The Morgan fingerprint density at radius 2 is 0.696 bits per heavy atom. The minimum Gasteiger partial charge on any atom is -0.456 e. The average Bonchev–Trinajstić information content (AvgIpc) is 4.32. The van der Waals surface area contributed by atoms with E-state index in [-0.39, 0.29) is 10.8 Å². The molecule has 13 aromatic rings. The monoisotopic (exact) mass is 1020 g/mol. The first-order chi connectivity index (χ1) is 38.2. The lowest BCUT2D eigenvalue weighted by atomic mass is 9.82. The molecule has 0 fully saturated rings. The normalized spacial score (nSPS) is 14.1. The molecule has 0 unspecified atom stereocenters. The molecule has 0 saturated carbocycles. The van der Waals surface area contributed by atoms with Gasteiger partial charge in [0.05, 0.1) is 0 Å². The van der Waals surface area contributed by atoms with Crippen LogP contribution in [0.25, 0.3) is 87.7 Å². The van der Waals surface area contributed by atoms with Gasteiger partial charge in [-0.3, -0.25) is 0 Å². The zero-order chi connectivity index (χ0) is 53.8. The van der Waals surface area contributed by atoms with E-state index in [0.29, 0.717) is 11.8 Å². The van der Waals surface area contributed by atoms with Crippen LogP contribution in [0, 0.1) is 6.92 Å². The first-order valence-electron chi connectivity index (χ1n) is 28.2. The van der Waals surface area contributed by atoms with Gasteiger partial charge in [0.15, 0.2) is 0 Å². The Balaban J connectivity index is 0.822. The molecule has 15 rings (SSSR count). The summed E-state index contributed by atoms with van der Waals surface area (Å²) in [6.45, 7) is 20.5. The van der Waals surface area contributed by atoms with Crippen molar-refractivity contribution in [3.8, 4) is 22.3 Å². The molecule has 0 N–H and O–H groups in total. The van der Waals surface area contributed by atoms with Gasteiger partial charge < -0.3 is 18.6 Å². The van der Waals surface area contributed by atoms with E-state index in [9.17, 15) is 0 Å². The summed E-state index contributed by atoms with van der Waals surface area (Å²) in [7, 11) is 0. The predicted octanol–water partition coefficient (Wildman–Crippen LogP) is 21.9. The van der Waals surface area contributed by atoms with E-state index < -0.39 is 0 Å². The zero-order valence-corrected chi connectivity index (χ0v) is 46.4. The molecule has 0 bridgehead atoms. The van der Waals surface area contributed by atoms with Crippen molar-refractivity contribution < 1.29 is 8.83 Å². The Labute approximate surface area is 462 Å². The van der Waals surface area contributed by atoms with Crippen LogP contribution in [0.3, 0.4) is 0 Å². The van der Waals surface area contributed by atoms with Gasteiger partial charge in [0, 0.05) is 72.1 Å². The first kappa shape index (κ1) is 47.4. The smallest absolute Gasteiger partial charge is 0.142 e. The molecular formula is C75H62N2O2. The maximum Gasteiger partial charge on any atom is 0.142 e. The number of furan rings is 2. The molecule has 384 valence electrons. The summed E-state index contributed by atoms with van der Waals surface area (Å²) >= 11 is 0. The van der Waals surface area contributed by atoms with Gasteiger partial charge in [0.25, 0.3) is 0 Å². The Morgan fingerprint density at radius 3 is 1.11 bits per heavy atom. The van der Waals surface area contributed by atoms with Crippen molar-refractivity contribution >= 4 is 99.5 Å². The number of hydrogen-bond donors (Lipinski definition) is 0. The van der Waals surface area contributed by atoms with E-state index in [0.717, 1.165) is 105 Å². The first-order valence-corrected chi connectivity index (χ1v) is 28.2. The van der Waals surface area contributed by atoms with Crippen LogP contribution in [-0.4, -0.2) is 0 Å². The van der Waals surface area contributed by atoms with Gasteiger partial charge in [-0.2, -0.15) is 0 Å². The number of aryl methyl sites for hydroxylation is 1. The van der Waals surface area contributed by atoms with Crippen LogP contribution >= 0.6 is 0 Å². The third-order valence-electron chi connectivity index (χ3n) is 18.1. The molecule has 0 aliphatic heterocycles. The van der Waals surface area contributed by atoms with Crippen LogP contribution in [0.2, 0.25) is 0 Å². The lowest BCUT2D eigenvalue weighted by Crippen LogP contribution is -2.15. The SMILES string of the molecule is Cc1c2oc3cc4cc(N(c5ccc(C(C)C)cc5)c5ccc6c(c5)-c5ccccc5C6(C)C)ccc4cc3c2cc2c1oc1cc3cc(N(c4ccc(C(C)C)cc4)c4ccc5c(c4)-c4ccccc4C5(C)C)ccc3cc12. The highest BCUT2D eigenvalue weighted by Crippen LogP contribution is 2.53. The Bertz CT molecular complexity index is 4380. The van der Waals surface area contributed by atoms with Gasteiger partial charge in [-0.15, -0.1) is 0 Å². The molecule has 0 radical (unpaired) electrons. The number of fused-ring (bicyclic) bond motifs is 14. The Hall–Kier alpha value is -8.86. The van der Waals surface area contributed by atoms with E-state index in [1.165, 1.54) is 55.6 Å². The van der Waals surface area contributed by atoms with Gasteiger partial charge in [-0.1, -0.05) is 152 Å². The second-order valence-corrected chi connectivity index (χ2v) is 24.2. The van der Waals surface area contributed by atoms with E-state index in [2.05, 4.69) is 272 Å². The van der Waals surface area contributed by atoms with E-state index >= 15 is 0 Å². The van der Waals surface area contributed by atoms with Crippen LogP contribution in [0.4, 0.5) is 34.1 Å². The summed E-state index contributed by atoms with van der Waals surface area (Å²) in [5.41, 5.74) is 24.4. The molecule has 4 nitrogen and oxygen atoms in total. The number of rotatable bonds is 8. The van der Waals surface area contributed by atoms with Gasteiger partial charge >= 0.3 is 0 Å². The maximum absolute atomic E-state index is 6.91. The number of hydrogen-bond acceptors (Lipinski definition) is 4. The molecule has 0 saturated heterocycles. The van der Waals surface area contributed by atoms with Crippen molar-refractivity contribution in [3.05, 3.63) is 239 Å². The van der Waals surface area contributed by atoms with Crippen LogP contribution in [0.1, 0.15) is 106 Å². The van der Waals surface area contributed by atoms with Crippen LogP contribution in [-0.2, 0) is 10.8 Å². The van der Waals surface area contributed by atoms with Crippen molar-refractivity contribution in [3.63, 3.8) is 0 Å². The lowest BCUT2D eigenvalue weighted by molar-refractivity contribution is 0.651. The second kappa shape index (κ2) is 17.1. The van der Waals surface area contributed by atoms with Crippen LogP contribution in [0.5, 0.6) is 0 Å². The molecule has 79 heavy (non-hydrogen) atoms. The molecule has 2 aliphatic carbocycles. The summed E-state index contributed by atoms with van der Waals surface area (Å²) in [4.78, 5) is 4.81. The highest BCUT2D eigenvalue weighted by molar-refractivity contribution is 6.20. The fourth-order valence-electron chi connectivity index (χ4n) is 13.7. The van der Waals surface area contributed by atoms with E-state index in [4.69, 9.17) is 8.83 Å². The highest BCUT2D eigenvalue weighted by atomic mass is 16.3. The molecular weight excluding hydrogens is 961 g/mol. The molecule has 0 spiro atoms. The predicted molar refractivity (Wildman–Crippen MR) is 333 cm³/mol. The van der Waals surface area contributed by atoms with Crippen molar-refractivity contribution in [1.29, 1.82) is 0 Å². The largest absolute Gasteiger partial charge is 0.456 e. The van der Waals surface area contributed by atoms with Gasteiger partial charge in [0.1, 0.15) is 22.3 Å². The summed E-state index contributed by atoms with van der Waals surface area (Å²) in [6.07, 6.45) is 0. The van der Waals surface area contributed by atoms with Crippen molar-refractivity contribution in [2.24, 2.45) is 0 Å². The van der Waals surface area contributed by atoms with Gasteiger partial charge in [0.2, 0.25) is 0 Å². The van der Waals surface area contributed by atoms with Crippen LogP contribution < -0.4 is 9.80 Å². The Morgan fingerprint density at radius 1 is 0.329 bits per heavy atom. The third kappa shape index (κ3) is 7.13. The van der Waals surface area contributed by atoms with E-state index in [1.807, 2.05) is 0 Å². The van der Waals surface area contributed by atoms with Gasteiger partial charge in [-0.25, -0.2) is 0 Å². The zero-order valence-electron chi connectivity index (χ0n) is 46.4. The quantitative estimate of drug-likeness (QED) is 0.152. The number of benzene rings is 11. The van der Waals surface area contributed by atoms with Crippen molar-refractivity contribution in [2.45, 2.75) is 85.0 Å². The minimum absolute atomic E-state index is 0.0662. The number of nitrogens with zero attached hydrogens (tertiary/aromatic N) is 2. The topological polar surface area (TPSA) is 32.8 Å². The lowest BCUT2D eigenvalue weighted by Gasteiger charge is -2.27. The third-order valence-corrected chi connectivity index (χ3v) is 18.1. The maximum atomic E-state index is 6.91. The van der Waals surface area contributed by atoms with Gasteiger partial charge in [-0.05, 0) is 199 Å². The van der Waals surface area contributed by atoms with Crippen molar-refractivity contribution in [1.82, 2.24) is 0 Å². The fraction of sp³-hybridized carbons (Fsp3) is 0.173. The average molecular weight is 1020 g/mol. The molecule has 2 aromatic heterocycles. The van der Waals surface area contributed by atoms with E-state index in [1.54, 1.807) is 0 Å². The highest BCUT2D eigenvalue weighted by Gasteiger charge is 2.37. The summed E-state index contributed by atoms with van der Waals surface area (Å²) in [5.74, 6) is 0.887. The standard InChI is InChI=1S/C75H62N2O2/c1-43(2)46-18-24-52(25-19-46)76(56-30-32-68-60(40-56)58-14-10-12-16-66(58)74(68,6)7)54-28-22-48-36-62-64-42-65-63-37-49-23-29-55(35-51(49)39-71(63)79-73(65)45(5)72(64)78-70(62)38-50(48)34-54)77(53-26-20-47(21-27-53)44(3)4)57-31-33-69-61(41-57)59-15-11-13-17-67(59)75(69,8)9/h10-44H,1-9H3. The molecule has 4 heteroatoms. The molecule has 11 aromatic carbocycles. The molecule has 0 amide bonds. The summed E-state index contributed by atoms with van der Waals surface area (Å²) in [5, 5.41) is 8.95. The number of anilines is 6. The fourth-order valence-corrected chi connectivity index (χ4v) is 13.7. The molecule has 2 heterocycles. The van der Waals surface area contributed by atoms with Crippen molar-refractivity contribution in [2.75, 3.05) is 9.80 Å². The summed E-state index contributed by atoms with van der Waals surface area (Å²) < 4.78 is 13.8. The Kier molecular flexibility index (Phi) is 10.2. The second-order valence-electron chi connectivity index (χ2n) is 24.2. The van der Waals surface area contributed by atoms with Crippen LogP contribution in [0.15, 0.2) is 209 Å². The summed E-state index contributed by atoms with van der Waals surface area (Å²) in [6, 6.07) is 75.1. The molecule has 2 aliphatic rings. The minimum atomic E-state index is -0.0662. The molecule has 0 atom stereocenters.